The van der Waals surface area contributed by atoms with Crippen LogP contribution in [0.25, 0.3) is 0 Å². The van der Waals surface area contributed by atoms with Crippen LogP contribution < -0.4 is 10.1 Å². The van der Waals surface area contributed by atoms with E-state index in [4.69, 9.17) is 4.74 Å². The molecule has 1 unspecified atom stereocenters. The Kier molecular flexibility index (Phi) is 4.25. The van der Waals surface area contributed by atoms with Crippen LogP contribution in [0, 0.1) is 17.0 Å². The molecule has 0 aliphatic heterocycles. The smallest absolute Gasteiger partial charge is 0.276 e. The first kappa shape index (κ1) is 14.7. The predicted octanol–water partition coefficient (Wildman–Crippen LogP) is 1.79. The zero-order valence-corrected chi connectivity index (χ0v) is 11.8. The maximum atomic E-state index is 10.9. The van der Waals surface area contributed by atoms with Crippen LogP contribution in [-0.4, -0.2) is 34.8 Å². The van der Waals surface area contributed by atoms with Crippen LogP contribution in [0.15, 0.2) is 18.2 Å². The molecule has 1 aromatic carbocycles. The van der Waals surface area contributed by atoms with E-state index < -0.39 is 10.5 Å². The Morgan fingerprint density at radius 3 is 2.85 bits per heavy atom. The molecular formula is C14H20N2O4. The first-order valence-corrected chi connectivity index (χ1v) is 6.72. The van der Waals surface area contributed by atoms with Crippen molar-refractivity contribution in [3.63, 3.8) is 0 Å². The molecule has 1 fully saturated rings. The van der Waals surface area contributed by atoms with Gasteiger partial charge in [-0.05, 0) is 32.8 Å². The molecule has 1 aliphatic rings. The van der Waals surface area contributed by atoms with Crippen LogP contribution in [0.3, 0.4) is 0 Å². The molecule has 6 nitrogen and oxygen atoms in total. The Hall–Kier alpha value is -1.66. The molecule has 1 aromatic rings. The highest BCUT2D eigenvalue weighted by molar-refractivity contribution is 5.48. The molecule has 1 aliphatic carbocycles. The van der Waals surface area contributed by atoms with Gasteiger partial charge in [0.15, 0.2) is 0 Å². The molecule has 2 rings (SSSR count). The van der Waals surface area contributed by atoms with Crippen molar-refractivity contribution in [2.45, 2.75) is 38.3 Å². The third-order valence-corrected chi connectivity index (χ3v) is 3.34. The molecule has 0 heterocycles. The fraction of sp³-hybridized carbons (Fsp3) is 0.571. The van der Waals surface area contributed by atoms with E-state index in [0.29, 0.717) is 23.9 Å². The number of nitro groups is 1. The lowest BCUT2D eigenvalue weighted by Gasteiger charge is -2.24. The number of hydrogen-bond acceptors (Lipinski definition) is 5. The third kappa shape index (κ3) is 3.91. The highest BCUT2D eigenvalue weighted by Gasteiger charge is 2.27. The van der Waals surface area contributed by atoms with Crippen molar-refractivity contribution in [2.24, 2.45) is 0 Å². The van der Waals surface area contributed by atoms with Crippen LogP contribution in [0.1, 0.15) is 25.3 Å². The average Bonchev–Trinajstić information content (AvgIpc) is 3.19. The van der Waals surface area contributed by atoms with Gasteiger partial charge in [0.25, 0.3) is 5.69 Å². The molecule has 0 aromatic heterocycles. The Balaban J connectivity index is 1.95. The lowest BCUT2D eigenvalue weighted by Crippen LogP contribution is -2.43. The van der Waals surface area contributed by atoms with Gasteiger partial charge >= 0.3 is 0 Å². The summed E-state index contributed by atoms with van der Waals surface area (Å²) in [6.45, 7) is 3.88. The van der Waals surface area contributed by atoms with Crippen molar-refractivity contribution in [1.82, 2.24) is 5.32 Å². The van der Waals surface area contributed by atoms with Crippen LogP contribution in [-0.2, 0) is 0 Å². The summed E-state index contributed by atoms with van der Waals surface area (Å²) in [5.74, 6) is 0.436. The van der Waals surface area contributed by atoms with Crippen LogP contribution in [0.5, 0.6) is 5.75 Å². The van der Waals surface area contributed by atoms with Gasteiger partial charge in [-0.1, -0.05) is 6.07 Å². The fourth-order valence-corrected chi connectivity index (χ4v) is 1.89. The molecule has 1 saturated carbocycles. The number of nitrogens with one attached hydrogen (secondary N) is 1. The quantitative estimate of drug-likeness (QED) is 0.587. The van der Waals surface area contributed by atoms with Crippen molar-refractivity contribution >= 4 is 5.69 Å². The average molecular weight is 280 g/mol. The van der Waals surface area contributed by atoms with E-state index >= 15 is 0 Å². The summed E-state index contributed by atoms with van der Waals surface area (Å²) in [7, 11) is 0. The number of hydrogen-bond donors (Lipinski definition) is 2. The van der Waals surface area contributed by atoms with Gasteiger partial charge in [-0.3, -0.25) is 10.1 Å². The van der Waals surface area contributed by atoms with E-state index in [1.165, 1.54) is 6.07 Å². The Morgan fingerprint density at radius 2 is 2.25 bits per heavy atom. The Morgan fingerprint density at radius 1 is 1.55 bits per heavy atom. The number of benzene rings is 1. The SMILES string of the molecule is Cc1c(OCC(C)(O)CNC2CC2)cccc1[N+](=O)[O-]. The molecule has 0 spiro atoms. The zero-order valence-electron chi connectivity index (χ0n) is 11.8. The van der Waals surface area contributed by atoms with Crippen molar-refractivity contribution in [3.8, 4) is 5.75 Å². The molecule has 0 saturated heterocycles. The molecular weight excluding hydrogens is 260 g/mol. The molecule has 2 N–H and O–H groups in total. The largest absolute Gasteiger partial charge is 0.490 e. The Bertz CT molecular complexity index is 498. The summed E-state index contributed by atoms with van der Waals surface area (Å²) in [6.07, 6.45) is 2.31. The molecule has 20 heavy (non-hydrogen) atoms. The highest BCUT2D eigenvalue weighted by Crippen LogP contribution is 2.27. The minimum Gasteiger partial charge on any atom is -0.490 e. The summed E-state index contributed by atoms with van der Waals surface area (Å²) >= 11 is 0. The molecule has 1 atom stereocenters. The van der Waals surface area contributed by atoms with Gasteiger partial charge < -0.3 is 15.2 Å². The second-order valence-corrected chi connectivity index (χ2v) is 5.60. The second-order valence-electron chi connectivity index (χ2n) is 5.60. The first-order valence-electron chi connectivity index (χ1n) is 6.72. The first-order chi connectivity index (χ1) is 9.39. The van der Waals surface area contributed by atoms with Crippen molar-refractivity contribution in [3.05, 3.63) is 33.9 Å². The van der Waals surface area contributed by atoms with Crippen LogP contribution >= 0.6 is 0 Å². The standard InChI is InChI=1S/C14H20N2O4/c1-10-12(16(18)19)4-3-5-13(10)20-9-14(2,17)8-15-11-6-7-11/h3-5,11,15,17H,6-9H2,1-2H3. The maximum Gasteiger partial charge on any atom is 0.276 e. The number of nitro benzene ring substituents is 1. The van der Waals surface area contributed by atoms with Gasteiger partial charge in [0, 0.05) is 18.7 Å². The lowest BCUT2D eigenvalue weighted by atomic mass is 10.1. The fourth-order valence-electron chi connectivity index (χ4n) is 1.89. The van der Waals surface area contributed by atoms with E-state index in [0.717, 1.165) is 12.8 Å². The number of aliphatic hydroxyl groups is 1. The molecule has 0 amide bonds. The van der Waals surface area contributed by atoms with Gasteiger partial charge in [-0.15, -0.1) is 0 Å². The van der Waals surface area contributed by atoms with Gasteiger partial charge in [0.05, 0.1) is 10.5 Å². The van der Waals surface area contributed by atoms with E-state index in [2.05, 4.69) is 5.32 Å². The lowest BCUT2D eigenvalue weighted by molar-refractivity contribution is -0.385. The highest BCUT2D eigenvalue weighted by atomic mass is 16.6. The third-order valence-electron chi connectivity index (χ3n) is 3.34. The minimum absolute atomic E-state index is 0.0262. The van der Waals surface area contributed by atoms with Gasteiger partial charge in [-0.25, -0.2) is 0 Å². The van der Waals surface area contributed by atoms with Crippen molar-refractivity contribution in [1.29, 1.82) is 0 Å². The summed E-state index contributed by atoms with van der Waals surface area (Å²) < 4.78 is 5.55. The molecule has 110 valence electrons. The number of rotatable bonds is 7. The van der Waals surface area contributed by atoms with Crippen molar-refractivity contribution < 1.29 is 14.8 Å². The Labute approximate surface area is 117 Å². The summed E-state index contributed by atoms with van der Waals surface area (Å²) in [5.41, 5.74) is -0.499. The van der Waals surface area contributed by atoms with Gasteiger partial charge in [0.1, 0.15) is 18.0 Å². The molecule has 6 heteroatoms. The van der Waals surface area contributed by atoms with E-state index in [1.807, 2.05) is 0 Å². The van der Waals surface area contributed by atoms with Gasteiger partial charge in [0.2, 0.25) is 0 Å². The molecule has 0 bridgehead atoms. The van der Waals surface area contributed by atoms with Crippen molar-refractivity contribution in [2.75, 3.05) is 13.2 Å². The summed E-state index contributed by atoms with van der Waals surface area (Å²) in [4.78, 5) is 10.4. The van der Waals surface area contributed by atoms with Gasteiger partial charge in [-0.2, -0.15) is 0 Å². The predicted molar refractivity (Wildman–Crippen MR) is 75.0 cm³/mol. The zero-order chi connectivity index (χ0) is 14.8. The van der Waals surface area contributed by atoms with Crippen LogP contribution in [0.4, 0.5) is 5.69 Å². The minimum atomic E-state index is -1.00. The topological polar surface area (TPSA) is 84.6 Å². The monoisotopic (exact) mass is 280 g/mol. The summed E-state index contributed by atoms with van der Waals surface area (Å²) in [5, 5.41) is 24.3. The second kappa shape index (κ2) is 5.76. The summed E-state index contributed by atoms with van der Waals surface area (Å²) in [6, 6.07) is 5.21. The van der Waals surface area contributed by atoms with E-state index in [9.17, 15) is 15.2 Å². The normalized spacial score (nSPS) is 17.6. The van der Waals surface area contributed by atoms with Crippen LogP contribution in [0.2, 0.25) is 0 Å². The number of ether oxygens (including phenoxy) is 1. The van der Waals surface area contributed by atoms with E-state index in [1.54, 1.807) is 26.0 Å². The van der Waals surface area contributed by atoms with E-state index in [-0.39, 0.29) is 12.3 Å². The molecule has 0 radical (unpaired) electrons. The maximum absolute atomic E-state index is 10.9. The number of nitrogens with zero attached hydrogens (tertiary/aromatic N) is 1.